The first-order chi connectivity index (χ1) is 14.8. The standard InChI is InChI=1S/C21H25ClFN3O4S/c1-3-26(4-2)31(28,29)16-6-8-20(25-9-11-30-12-10-25)19(14-16)24-21(27)17-7-5-15(23)13-18(17)22/h5-8,13-14H,3-4,9-12H2,1-2H3,(H,24,27). The zero-order valence-electron chi connectivity index (χ0n) is 17.4. The summed E-state index contributed by atoms with van der Waals surface area (Å²) < 4.78 is 46.1. The minimum atomic E-state index is -3.72. The van der Waals surface area contributed by atoms with Crippen molar-refractivity contribution in [2.24, 2.45) is 0 Å². The van der Waals surface area contributed by atoms with E-state index in [9.17, 15) is 17.6 Å². The smallest absolute Gasteiger partial charge is 0.257 e. The van der Waals surface area contributed by atoms with Crippen molar-refractivity contribution < 1.29 is 22.3 Å². The number of nitrogens with zero attached hydrogens (tertiary/aromatic N) is 2. The second-order valence-electron chi connectivity index (χ2n) is 6.95. The zero-order valence-corrected chi connectivity index (χ0v) is 19.0. The molecule has 0 aromatic heterocycles. The number of sulfonamides is 1. The lowest BCUT2D eigenvalue weighted by atomic mass is 10.1. The van der Waals surface area contributed by atoms with Gasteiger partial charge in [0.1, 0.15) is 5.82 Å². The lowest BCUT2D eigenvalue weighted by Gasteiger charge is -2.31. The molecule has 1 aliphatic rings. The molecule has 1 N–H and O–H groups in total. The highest BCUT2D eigenvalue weighted by atomic mass is 35.5. The van der Waals surface area contributed by atoms with Crippen LogP contribution in [0.2, 0.25) is 5.02 Å². The average Bonchev–Trinajstić information content (AvgIpc) is 2.75. The molecule has 168 valence electrons. The van der Waals surface area contributed by atoms with Gasteiger partial charge < -0.3 is 15.0 Å². The van der Waals surface area contributed by atoms with Crippen molar-refractivity contribution in [3.8, 4) is 0 Å². The van der Waals surface area contributed by atoms with Gasteiger partial charge in [0.2, 0.25) is 10.0 Å². The van der Waals surface area contributed by atoms with Gasteiger partial charge in [0, 0.05) is 26.2 Å². The van der Waals surface area contributed by atoms with Crippen molar-refractivity contribution in [1.29, 1.82) is 0 Å². The Kier molecular flexibility index (Phi) is 7.53. The Bertz CT molecular complexity index is 1050. The molecule has 0 unspecified atom stereocenters. The van der Waals surface area contributed by atoms with E-state index in [1.807, 2.05) is 4.90 Å². The molecule has 1 amide bonds. The number of morpholine rings is 1. The molecule has 0 aliphatic carbocycles. The Morgan fingerprint density at radius 3 is 2.45 bits per heavy atom. The molecular formula is C21H25ClFN3O4S. The van der Waals surface area contributed by atoms with E-state index in [0.717, 1.165) is 12.1 Å². The number of carbonyl (C=O) groups is 1. The van der Waals surface area contributed by atoms with Crippen molar-refractivity contribution in [1.82, 2.24) is 4.31 Å². The largest absolute Gasteiger partial charge is 0.378 e. The molecule has 1 fully saturated rings. The SMILES string of the molecule is CCN(CC)S(=O)(=O)c1ccc(N2CCOCC2)c(NC(=O)c2ccc(F)cc2Cl)c1. The second kappa shape index (κ2) is 9.95. The zero-order chi connectivity index (χ0) is 22.6. The Morgan fingerprint density at radius 2 is 1.84 bits per heavy atom. The van der Waals surface area contributed by atoms with Crippen molar-refractivity contribution in [3.05, 3.63) is 52.8 Å². The maximum absolute atomic E-state index is 13.4. The maximum Gasteiger partial charge on any atom is 0.257 e. The van der Waals surface area contributed by atoms with E-state index in [1.165, 1.54) is 16.4 Å². The van der Waals surface area contributed by atoms with E-state index in [1.54, 1.807) is 26.0 Å². The summed E-state index contributed by atoms with van der Waals surface area (Å²) in [5, 5.41) is 2.73. The Morgan fingerprint density at radius 1 is 1.16 bits per heavy atom. The first-order valence-corrected chi connectivity index (χ1v) is 11.8. The Balaban J connectivity index is 2.02. The van der Waals surface area contributed by atoms with Gasteiger partial charge in [-0.05, 0) is 36.4 Å². The summed E-state index contributed by atoms with van der Waals surface area (Å²) in [4.78, 5) is 15.0. The predicted molar refractivity (Wildman–Crippen MR) is 119 cm³/mol. The first-order valence-electron chi connectivity index (χ1n) is 10.0. The van der Waals surface area contributed by atoms with E-state index >= 15 is 0 Å². The van der Waals surface area contributed by atoms with Gasteiger partial charge >= 0.3 is 0 Å². The van der Waals surface area contributed by atoms with Crippen LogP contribution in [0.25, 0.3) is 0 Å². The van der Waals surface area contributed by atoms with E-state index in [0.29, 0.717) is 50.8 Å². The molecule has 0 saturated carbocycles. The van der Waals surface area contributed by atoms with Gasteiger partial charge in [-0.3, -0.25) is 4.79 Å². The van der Waals surface area contributed by atoms with Crippen LogP contribution in [0.5, 0.6) is 0 Å². The number of benzene rings is 2. The Hall–Kier alpha value is -2.20. The summed E-state index contributed by atoms with van der Waals surface area (Å²) in [6.45, 7) is 6.44. The average molecular weight is 470 g/mol. The molecule has 0 spiro atoms. The molecule has 2 aromatic rings. The molecule has 0 radical (unpaired) electrons. The van der Waals surface area contributed by atoms with Gasteiger partial charge in [-0.15, -0.1) is 0 Å². The van der Waals surface area contributed by atoms with Crippen LogP contribution in [-0.2, 0) is 14.8 Å². The molecule has 0 atom stereocenters. The molecule has 0 bridgehead atoms. The number of nitrogens with one attached hydrogen (secondary N) is 1. The van der Waals surface area contributed by atoms with Crippen LogP contribution >= 0.6 is 11.6 Å². The van der Waals surface area contributed by atoms with Gasteiger partial charge in [0.25, 0.3) is 5.91 Å². The minimum Gasteiger partial charge on any atom is -0.378 e. The molecule has 3 rings (SSSR count). The van der Waals surface area contributed by atoms with Crippen LogP contribution in [-0.4, -0.2) is 58.0 Å². The maximum atomic E-state index is 13.4. The van der Waals surface area contributed by atoms with Crippen molar-refractivity contribution >= 4 is 38.9 Å². The lowest BCUT2D eigenvalue weighted by molar-refractivity contribution is 0.102. The number of hydrogen-bond donors (Lipinski definition) is 1. The van der Waals surface area contributed by atoms with Crippen molar-refractivity contribution in [3.63, 3.8) is 0 Å². The number of hydrogen-bond acceptors (Lipinski definition) is 5. The highest BCUT2D eigenvalue weighted by Gasteiger charge is 2.25. The lowest BCUT2D eigenvalue weighted by Crippen LogP contribution is -2.37. The molecule has 1 aliphatic heterocycles. The Labute approximate surface area is 186 Å². The van der Waals surface area contributed by atoms with Crippen LogP contribution in [0.3, 0.4) is 0 Å². The third kappa shape index (κ3) is 5.17. The number of halogens is 2. The van der Waals surface area contributed by atoms with Crippen LogP contribution in [0.15, 0.2) is 41.3 Å². The van der Waals surface area contributed by atoms with Gasteiger partial charge in [-0.25, -0.2) is 12.8 Å². The molecule has 7 nitrogen and oxygen atoms in total. The van der Waals surface area contributed by atoms with E-state index in [-0.39, 0.29) is 15.5 Å². The number of carbonyl (C=O) groups excluding carboxylic acids is 1. The number of amides is 1. The van der Waals surface area contributed by atoms with Crippen molar-refractivity contribution in [2.45, 2.75) is 18.7 Å². The molecule has 1 saturated heterocycles. The van der Waals surface area contributed by atoms with Crippen molar-refractivity contribution in [2.75, 3.05) is 49.6 Å². The minimum absolute atomic E-state index is 0.0302. The predicted octanol–water partition coefficient (Wildman–Crippen LogP) is 3.60. The van der Waals surface area contributed by atoms with E-state index in [4.69, 9.17) is 16.3 Å². The molecule has 1 heterocycles. The fraction of sp³-hybridized carbons (Fsp3) is 0.381. The number of anilines is 2. The van der Waals surface area contributed by atoms with Gasteiger partial charge in [-0.2, -0.15) is 4.31 Å². The third-order valence-corrected chi connectivity index (χ3v) is 7.45. The van der Waals surface area contributed by atoms with Gasteiger partial charge in [0.05, 0.1) is 40.1 Å². The van der Waals surface area contributed by atoms with Crippen LogP contribution < -0.4 is 10.2 Å². The van der Waals surface area contributed by atoms with Crippen LogP contribution in [0.4, 0.5) is 15.8 Å². The summed E-state index contributed by atoms with van der Waals surface area (Å²) in [5.74, 6) is -1.11. The van der Waals surface area contributed by atoms with Gasteiger partial charge in [-0.1, -0.05) is 25.4 Å². The quantitative estimate of drug-likeness (QED) is 0.670. The highest BCUT2D eigenvalue weighted by Crippen LogP contribution is 2.32. The highest BCUT2D eigenvalue weighted by molar-refractivity contribution is 7.89. The molecule has 10 heteroatoms. The first kappa shape index (κ1) is 23.5. The normalized spacial score (nSPS) is 14.7. The molecule has 31 heavy (non-hydrogen) atoms. The van der Waals surface area contributed by atoms with E-state index < -0.39 is 21.7 Å². The van der Waals surface area contributed by atoms with E-state index in [2.05, 4.69) is 5.32 Å². The number of rotatable bonds is 7. The summed E-state index contributed by atoms with van der Waals surface area (Å²) in [5.41, 5.74) is 1.10. The monoisotopic (exact) mass is 469 g/mol. The molecular weight excluding hydrogens is 445 g/mol. The summed E-state index contributed by atoms with van der Waals surface area (Å²) >= 11 is 6.03. The van der Waals surface area contributed by atoms with Crippen LogP contribution in [0.1, 0.15) is 24.2 Å². The summed E-state index contributed by atoms with van der Waals surface area (Å²) in [6, 6.07) is 8.17. The third-order valence-electron chi connectivity index (χ3n) is 5.09. The van der Waals surface area contributed by atoms with Gasteiger partial charge in [0.15, 0.2) is 0 Å². The summed E-state index contributed by atoms with van der Waals surface area (Å²) in [6.07, 6.45) is 0. The van der Waals surface area contributed by atoms with Crippen LogP contribution in [0, 0.1) is 5.82 Å². The second-order valence-corrected chi connectivity index (χ2v) is 9.29. The fourth-order valence-electron chi connectivity index (χ4n) is 3.43. The number of ether oxygens (including phenoxy) is 1. The topological polar surface area (TPSA) is 79.0 Å². The fourth-order valence-corrected chi connectivity index (χ4v) is 5.17. The summed E-state index contributed by atoms with van der Waals surface area (Å²) in [7, 11) is -3.72. The molecule has 2 aromatic carbocycles.